The fraction of sp³-hybridized carbons (Fsp3) is 0.440. The summed E-state index contributed by atoms with van der Waals surface area (Å²) < 4.78 is 16.7. The van der Waals surface area contributed by atoms with E-state index in [4.69, 9.17) is 14.2 Å². The number of hydrogen-bond acceptors (Lipinski definition) is 5. The number of likely N-dealkylation sites (N-methyl/N-ethyl adjacent to an activating group) is 1. The second kappa shape index (κ2) is 10.9. The third kappa shape index (κ3) is 7.18. The van der Waals surface area contributed by atoms with Crippen LogP contribution in [0.4, 0.5) is 0 Å². The van der Waals surface area contributed by atoms with Gasteiger partial charge in [-0.2, -0.15) is 0 Å². The van der Waals surface area contributed by atoms with Crippen molar-refractivity contribution in [1.82, 2.24) is 10.2 Å². The smallest absolute Gasteiger partial charge is 0.261 e. The van der Waals surface area contributed by atoms with Gasteiger partial charge in [0, 0.05) is 20.6 Å². The Labute approximate surface area is 190 Å². The normalized spacial score (nSPS) is 12.0. The predicted molar refractivity (Wildman–Crippen MR) is 124 cm³/mol. The molecule has 2 aromatic carbocycles. The lowest BCUT2D eigenvalue weighted by Gasteiger charge is -2.20. The quantitative estimate of drug-likeness (QED) is 0.643. The van der Waals surface area contributed by atoms with Gasteiger partial charge >= 0.3 is 0 Å². The van der Waals surface area contributed by atoms with Crippen LogP contribution in [0.15, 0.2) is 42.5 Å². The number of benzene rings is 2. The van der Waals surface area contributed by atoms with Crippen LogP contribution in [0.5, 0.6) is 17.2 Å². The summed E-state index contributed by atoms with van der Waals surface area (Å²) in [4.78, 5) is 25.6. The molecule has 7 nitrogen and oxygen atoms in total. The van der Waals surface area contributed by atoms with Crippen LogP contribution in [0.1, 0.15) is 38.8 Å². The zero-order valence-electron chi connectivity index (χ0n) is 20.0. The van der Waals surface area contributed by atoms with Gasteiger partial charge in [-0.3, -0.25) is 9.59 Å². The monoisotopic (exact) mass is 442 g/mol. The Hall–Kier alpha value is -3.22. The highest BCUT2D eigenvalue weighted by atomic mass is 16.5. The van der Waals surface area contributed by atoms with Crippen molar-refractivity contribution >= 4 is 11.8 Å². The predicted octanol–water partition coefficient (Wildman–Crippen LogP) is 3.54. The second-order valence-corrected chi connectivity index (χ2v) is 8.81. The standard InChI is InChI=1S/C25H34N2O5/c1-17(32-20-11-9-19(10-12-20)25(2,3)4)24(29)26-15-18-8-13-21(22(14-18)30-7)31-16-23(28)27(5)6/h8-14,17H,15-16H2,1-7H3,(H,26,29). The molecule has 7 heteroatoms. The van der Waals surface area contributed by atoms with E-state index in [1.165, 1.54) is 17.6 Å². The SMILES string of the molecule is COc1cc(CNC(=O)C(C)Oc2ccc(C(C)(C)C)cc2)ccc1OCC(=O)N(C)C. The van der Waals surface area contributed by atoms with Gasteiger partial charge < -0.3 is 24.4 Å². The molecule has 0 spiro atoms. The minimum absolute atomic E-state index is 0.0606. The van der Waals surface area contributed by atoms with Crippen molar-refractivity contribution in [1.29, 1.82) is 0 Å². The number of carbonyl (C=O) groups is 2. The lowest BCUT2D eigenvalue weighted by molar-refractivity contribution is -0.130. The van der Waals surface area contributed by atoms with Gasteiger partial charge in [-0.1, -0.05) is 39.0 Å². The fourth-order valence-electron chi connectivity index (χ4n) is 2.83. The molecule has 0 saturated carbocycles. The molecule has 0 radical (unpaired) electrons. The van der Waals surface area contributed by atoms with Crippen molar-refractivity contribution in [2.24, 2.45) is 0 Å². The minimum atomic E-state index is -0.642. The van der Waals surface area contributed by atoms with Gasteiger partial charge in [-0.15, -0.1) is 0 Å². The van der Waals surface area contributed by atoms with E-state index in [1.807, 2.05) is 30.3 Å². The molecule has 0 aromatic heterocycles. The number of rotatable bonds is 9. The maximum atomic E-state index is 12.5. The molecule has 32 heavy (non-hydrogen) atoms. The number of ether oxygens (including phenoxy) is 3. The molecule has 2 amide bonds. The van der Waals surface area contributed by atoms with Crippen LogP contribution in [0.3, 0.4) is 0 Å². The number of methoxy groups -OCH3 is 1. The molecule has 0 fully saturated rings. The van der Waals surface area contributed by atoms with E-state index in [0.717, 1.165) is 5.56 Å². The first kappa shape index (κ1) is 25.0. The van der Waals surface area contributed by atoms with Crippen LogP contribution in [0, 0.1) is 0 Å². The van der Waals surface area contributed by atoms with Crippen LogP contribution in [0.2, 0.25) is 0 Å². The maximum absolute atomic E-state index is 12.5. The molecule has 2 aromatic rings. The van der Waals surface area contributed by atoms with E-state index in [2.05, 4.69) is 26.1 Å². The molecular formula is C25H34N2O5. The van der Waals surface area contributed by atoms with Crippen molar-refractivity contribution in [2.75, 3.05) is 27.8 Å². The first-order valence-electron chi connectivity index (χ1n) is 10.6. The van der Waals surface area contributed by atoms with E-state index < -0.39 is 6.10 Å². The Bertz CT molecular complexity index is 917. The first-order chi connectivity index (χ1) is 15.0. The number of carbonyl (C=O) groups excluding carboxylic acids is 2. The van der Waals surface area contributed by atoms with Crippen molar-refractivity contribution in [3.63, 3.8) is 0 Å². The summed E-state index contributed by atoms with van der Waals surface area (Å²) in [5, 5.41) is 2.87. The summed E-state index contributed by atoms with van der Waals surface area (Å²) in [6.07, 6.45) is -0.642. The van der Waals surface area contributed by atoms with Gasteiger partial charge in [-0.05, 0) is 47.7 Å². The number of nitrogens with zero attached hydrogens (tertiary/aromatic N) is 1. The number of hydrogen-bond donors (Lipinski definition) is 1. The summed E-state index contributed by atoms with van der Waals surface area (Å²) in [5.41, 5.74) is 2.10. The van der Waals surface area contributed by atoms with Crippen LogP contribution in [0.25, 0.3) is 0 Å². The Morgan fingerprint density at radius 1 is 1.03 bits per heavy atom. The second-order valence-electron chi connectivity index (χ2n) is 8.81. The summed E-state index contributed by atoms with van der Waals surface area (Å²) in [6.45, 7) is 8.39. The lowest BCUT2D eigenvalue weighted by atomic mass is 9.87. The molecule has 0 aliphatic heterocycles. The van der Waals surface area contributed by atoms with Crippen LogP contribution >= 0.6 is 0 Å². The zero-order valence-corrected chi connectivity index (χ0v) is 20.0. The largest absolute Gasteiger partial charge is 0.493 e. The van der Waals surface area contributed by atoms with Gasteiger partial charge in [0.05, 0.1) is 7.11 Å². The molecule has 0 heterocycles. The van der Waals surface area contributed by atoms with Crippen molar-refractivity contribution in [2.45, 2.75) is 45.8 Å². The Kier molecular flexibility index (Phi) is 8.52. The van der Waals surface area contributed by atoms with Crippen molar-refractivity contribution in [3.05, 3.63) is 53.6 Å². The Morgan fingerprint density at radius 2 is 1.69 bits per heavy atom. The molecular weight excluding hydrogens is 408 g/mol. The molecule has 0 saturated heterocycles. The highest BCUT2D eigenvalue weighted by molar-refractivity contribution is 5.80. The summed E-state index contributed by atoms with van der Waals surface area (Å²) in [6, 6.07) is 13.1. The van der Waals surface area contributed by atoms with Crippen LogP contribution in [-0.2, 0) is 21.5 Å². The topological polar surface area (TPSA) is 77.1 Å². The lowest BCUT2D eigenvalue weighted by Crippen LogP contribution is -2.35. The van der Waals surface area contributed by atoms with E-state index in [9.17, 15) is 9.59 Å². The van der Waals surface area contributed by atoms with Crippen LogP contribution < -0.4 is 19.5 Å². The number of amides is 2. The van der Waals surface area contributed by atoms with Gasteiger partial charge in [0.2, 0.25) is 0 Å². The maximum Gasteiger partial charge on any atom is 0.261 e. The van der Waals surface area contributed by atoms with Gasteiger partial charge in [-0.25, -0.2) is 0 Å². The molecule has 0 aliphatic rings. The fourth-order valence-corrected chi connectivity index (χ4v) is 2.83. The van der Waals surface area contributed by atoms with Gasteiger partial charge in [0.1, 0.15) is 5.75 Å². The molecule has 1 N–H and O–H groups in total. The summed E-state index contributed by atoms with van der Waals surface area (Å²) >= 11 is 0. The molecule has 2 rings (SSSR count). The highest BCUT2D eigenvalue weighted by Crippen LogP contribution is 2.28. The van der Waals surface area contributed by atoms with E-state index in [-0.39, 0.29) is 23.8 Å². The minimum Gasteiger partial charge on any atom is -0.493 e. The average molecular weight is 443 g/mol. The van der Waals surface area contributed by atoms with E-state index >= 15 is 0 Å². The van der Waals surface area contributed by atoms with Crippen LogP contribution in [-0.4, -0.2) is 50.6 Å². The average Bonchev–Trinajstić information content (AvgIpc) is 2.75. The molecule has 1 unspecified atom stereocenters. The molecule has 174 valence electrons. The van der Waals surface area contributed by atoms with Crippen molar-refractivity contribution < 1.29 is 23.8 Å². The third-order valence-electron chi connectivity index (χ3n) is 4.95. The van der Waals surface area contributed by atoms with Gasteiger partial charge in [0.15, 0.2) is 24.2 Å². The molecule has 0 bridgehead atoms. The van der Waals surface area contributed by atoms with Gasteiger partial charge in [0.25, 0.3) is 11.8 Å². The summed E-state index contributed by atoms with van der Waals surface area (Å²) in [7, 11) is 4.86. The molecule has 1 atom stereocenters. The van der Waals surface area contributed by atoms with E-state index in [0.29, 0.717) is 23.8 Å². The van der Waals surface area contributed by atoms with E-state index in [1.54, 1.807) is 33.2 Å². The Morgan fingerprint density at radius 3 is 2.25 bits per heavy atom. The summed E-state index contributed by atoms with van der Waals surface area (Å²) in [5.74, 6) is 1.24. The Balaban J connectivity index is 1.91. The van der Waals surface area contributed by atoms with Crippen molar-refractivity contribution in [3.8, 4) is 17.2 Å². The third-order valence-corrected chi connectivity index (χ3v) is 4.95. The zero-order chi connectivity index (χ0) is 23.9. The number of nitrogens with one attached hydrogen (secondary N) is 1. The highest BCUT2D eigenvalue weighted by Gasteiger charge is 2.17. The first-order valence-corrected chi connectivity index (χ1v) is 10.6. The molecule has 0 aliphatic carbocycles.